The highest BCUT2D eigenvalue weighted by atomic mass is 16.5. The molecule has 8 nitrogen and oxygen atoms in total. The van der Waals surface area contributed by atoms with Crippen molar-refractivity contribution in [1.29, 1.82) is 0 Å². The van der Waals surface area contributed by atoms with Crippen LogP contribution in [0.3, 0.4) is 0 Å². The standard InChI is InChI=1S/C22H27N5O3/c1-15-6-8-26(9-7-15)22-23-12-16(13-24-22)21(29)25-17-10-20(28)27(14-17)18-4-3-5-19(11-18)30-2/h3-5,11-13,15,17H,6-10,14H2,1-2H3,(H,25,29). The largest absolute Gasteiger partial charge is 0.497 e. The molecule has 0 radical (unpaired) electrons. The van der Waals surface area contributed by atoms with Gasteiger partial charge >= 0.3 is 0 Å². The smallest absolute Gasteiger partial charge is 0.254 e. The van der Waals surface area contributed by atoms with E-state index in [1.54, 1.807) is 24.4 Å². The molecule has 1 atom stereocenters. The molecule has 2 amide bonds. The summed E-state index contributed by atoms with van der Waals surface area (Å²) in [6.45, 7) is 4.56. The van der Waals surface area contributed by atoms with Gasteiger partial charge in [-0.15, -0.1) is 0 Å². The summed E-state index contributed by atoms with van der Waals surface area (Å²) in [6.07, 6.45) is 5.64. The van der Waals surface area contributed by atoms with Gasteiger partial charge in [-0.3, -0.25) is 9.59 Å². The average Bonchev–Trinajstić information content (AvgIpc) is 3.14. The zero-order chi connectivity index (χ0) is 21.1. The lowest BCUT2D eigenvalue weighted by Crippen LogP contribution is -2.37. The number of nitrogens with one attached hydrogen (secondary N) is 1. The van der Waals surface area contributed by atoms with E-state index in [4.69, 9.17) is 4.74 Å². The summed E-state index contributed by atoms with van der Waals surface area (Å²) in [6, 6.07) is 7.08. The van der Waals surface area contributed by atoms with E-state index >= 15 is 0 Å². The van der Waals surface area contributed by atoms with Crippen LogP contribution in [0.25, 0.3) is 0 Å². The molecule has 0 saturated carbocycles. The molecule has 2 aromatic rings. The number of anilines is 2. The molecule has 2 aliphatic rings. The predicted octanol–water partition coefficient (Wildman–Crippen LogP) is 2.26. The van der Waals surface area contributed by atoms with Gasteiger partial charge in [0.05, 0.1) is 18.7 Å². The number of ether oxygens (including phenoxy) is 1. The maximum Gasteiger partial charge on any atom is 0.254 e. The van der Waals surface area contributed by atoms with Crippen LogP contribution in [0.15, 0.2) is 36.7 Å². The summed E-state index contributed by atoms with van der Waals surface area (Å²) in [4.78, 5) is 37.7. The fourth-order valence-electron chi connectivity index (χ4n) is 3.91. The zero-order valence-electron chi connectivity index (χ0n) is 17.4. The van der Waals surface area contributed by atoms with Gasteiger partial charge in [0.1, 0.15) is 5.75 Å². The van der Waals surface area contributed by atoms with Crippen molar-refractivity contribution in [2.45, 2.75) is 32.2 Å². The van der Waals surface area contributed by atoms with Crippen molar-refractivity contribution < 1.29 is 14.3 Å². The monoisotopic (exact) mass is 409 g/mol. The number of carbonyl (C=O) groups excluding carboxylic acids is 2. The second-order valence-corrected chi connectivity index (χ2v) is 8.02. The van der Waals surface area contributed by atoms with Gasteiger partial charge < -0.3 is 19.9 Å². The second kappa shape index (κ2) is 8.69. The molecule has 158 valence electrons. The third-order valence-electron chi connectivity index (χ3n) is 5.79. The van der Waals surface area contributed by atoms with Crippen molar-refractivity contribution in [2.24, 2.45) is 5.92 Å². The maximum atomic E-state index is 12.6. The predicted molar refractivity (Wildman–Crippen MR) is 114 cm³/mol. The van der Waals surface area contributed by atoms with E-state index in [9.17, 15) is 9.59 Å². The Balaban J connectivity index is 1.36. The third kappa shape index (κ3) is 4.37. The van der Waals surface area contributed by atoms with Crippen LogP contribution >= 0.6 is 0 Å². The van der Waals surface area contributed by atoms with Crippen LogP contribution in [0.5, 0.6) is 5.75 Å². The fraction of sp³-hybridized carbons (Fsp3) is 0.455. The zero-order valence-corrected chi connectivity index (χ0v) is 17.4. The van der Waals surface area contributed by atoms with Crippen LogP contribution in [-0.2, 0) is 4.79 Å². The van der Waals surface area contributed by atoms with Crippen molar-refractivity contribution in [1.82, 2.24) is 15.3 Å². The average molecular weight is 409 g/mol. The van der Waals surface area contributed by atoms with Gasteiger partial charge in [0.15, 0.2) is 0 Å². The van der Waals surface area contributed by atoms with Gasteiger partial charge in [-0.2, -0.15) is 0 Å². The Morgan fingerprint density at radius 2 is 1.93 bits per heavy atom. The van der Waals surface area contributed by atoms with Gasteiger partial charge in [-0.1, -0.05) is 13.0 Å². The summed E-state index contributed by atoms with van der Waals surface area (Å²) >= 11 is 0. The van der Waals surface area contributed by atoms with E-state index in [1.807, 2.05) is 24.3 Å². The first-order chi connectivity index (χ1) is 14.5. The summed E-state index contributed by atoms with van der Waals surface area (Å²) in [7, 11) is 1.59. The molecule has 4 rings (SSSR count). The summed E-state index contributed by atoms with van der Waals surface area (Å²) in [5.74, 6) is 1.79. The molecule has 1 aromatic carbocycles. The van der Waals surface area contributed by atoms with E-state index in [-0.39, 0.29) is 24.3 Å². The molecule has 1 N–H and O–H groups in total. The summed E-state index contributed by atoms with van der Waals surface area (Å²) in [5.41, 5.74) is 1.16. The molecule has 0 aliphatic carbocycles. The van der Waals surface area contributed by atoms with Crippen molar-refractivity contribution in [3.05, 3.63) is 42.2 Å². The minimum absolute atomic E-state index is 0.0283. The number of amides is 2. The number of hydrogen-bond acceptors (Lipinski definition) is 6. The molecule has 2 aliphatic heterocycles. The number of rotatable bonds is 5. The number of aromatic nitrogens is 2. The van der Waals surface area contributed by atoms with Gasteiger partial charge in [0.25, 0.3) is 5.91 Å². The minimum atomic E-state index is -0.265. The molecule has 0 bridgehead atoms. The molecule has 2 saturated heterocycles. The normalized spacial score (nSPS) is 19.8. The molecule has 0 spiro atoms. The Labute approximate surface area is 176 Å². The molecule has 1 unspecified atom stereocenters. The number of piperidine rings is 1. The van der Waals surface area contributed by atoms with Gasteiger partial charge in [0.2, 0.25) is 11.9 Å². The lowest BCUT2D eigenvalue weighted by molar-refractivity contribution is -0.117. The SMILES string of the molecule is COc1cccc(N2CC(NC(=O)c3cnc(N4CCC(C)CC4)nc3)CC2=O)c1. The number of hydrogen-bond donors (Lipinski definition) is 1. The van der Waals surface area contributed by atoms with Crippen molar-refractivity contribution >= 4 is 23.5 Å². The van der Waals surface area contributed by atoms with E-state index < -0.39 is 0 Å². The van der Waals surface area contributed by atoms with E-state index in [0.29, 0.717) is 23.8 Å². The van der Waals surface area contributed by atoms with Crippen LogP contribution in [0.1, 0.15) is 36.5 Å². The van der Waals surface area contributed by atoms with Crippen LogP contribution in [0, 0.1) is 5.92 Å². The number of carbonyl (C=O) groups is 2. The quantitative estimate of drug-likeness (QED) is 0.815. The fourth-order valence-corrected chi connectivity index (χ4v) is 3.91. The highest BCUT2D eigenvalue weighted by Crippen LogP contribution is 2.25. The maximum absolute atomic E-state index is 12.6. The lowest BCUT2D eigenvalue weighted by atomic mass is 10.00. The van der Waals surface area contributed by atoms with Crippen LogP contribution in [0.2, 0.25) is 0 Å². The van der Waals surface area contributed by atoms with Crippen molar-refractivity contribution in [3.8, 4) is 5.75 Å². The van der Waals surface area contributed by atoms with E-state index in [2.05, 4.69) is 27.1 Å². The minimum Gasteiger partial charge on any atom is -0.497 e. The Morgan fingerprint density at radius 3 is 2.63 bits per heavy atom. The van der Waals surface area contributed by atoms with E-state index in [1.165, 1.54) is 0 Å². The topological polar surface area (TPSA) is 87.7 Å². The van der Waals surface area contributed by atoms with Crippen molar-refractivity contribution in [3.63, 3.8) is 0 Å². The molecule has 3 heterocycles. The first kappa shape index (κ1) is 20.1. The number of benzene rings is 1. The molecular formula is C22H27N5O3. The Morgan fingerprint density at radius 1 is 1.20 bits per heavy atom. The Bertz CT molecular complexity index is 909. The molecular weight excluding hydrogens is 382 g/mol. The molecule has 8 heteroatoms. The highest BCUT2D eigenvalue weighted by Gasteiger charge is 2.32. The summed E-state index contributed by atoms with van der Waals surface area (Å²) in [5, 5.41) is 2.93. The first-order valence-electron chi connectivity index (χ1n) is 10.4. The highest BCUT2D eigenvalue weighted by molar-refractivity contribution is 5.98. The van der Waals surface area contributed by atoms with Crippen molar-refractivity contribution in [2.75, 3.05) is 36.5 Å². The first-order valence-corrected chi connectivity index (χ1v) is 10.4. The third-order valence-corrected chi connectivity index (χ3v) is 5.79. The second-order valence-electron chi connectivity index (χ2n) is 8.02. The number of methoxy groups -OCH3 is 1. The molecule has 2 fully saturated rings. The number of nitrogens with zero attached hydrogens (tertiary/aromatic N) is 4. The van der Waals surface area contributed by atoms with Gasteiger partial charge in [0, 0.05) is 50.2 Å². The lowest BCUT2D eigenvalue weighted by Gasteiger charge is -2.30. The van der Waals surface area contributed by atoms with Crippen LogP contribution < -0.4 is 19.9 Å². The molecule has 30 heavy (non-hydrogen) atoms. The van der Waals surface area contributed by atoms with Crippen LogP contribution in [-0.4, -0.2) is 54.6 Å². The van der Waals surface area contributed by atoms with E-state index in [0.717, 1.165) is 37.5 Å². The Hall–Kier alpha value is -3.16. The van der Waals surface area contributed by atoms with Gasteiger partial charge in [-0.05, 0) is 30.9 Å². The Kier molecular flexibility index (Phi) is 5.83. The van der Waals surface area contributed by atoms with Gasteiger partial charge in [-0.25, -0.2) is 9.97 Å². The molecule has 1 aromatic heterocycles. The van der Waals surface area contributed by atoms with Crippen LogP contribution in [0.4, 0.5) is 11.6 Å². The summed E-state index contributed by atoms with van der Waals surface area (Å²) < 4.78 is 5.23.